The number of nitrogens with one attached hydrogen (secondary N) is 3. The van der Waals surface area contributed by atoms with Crippen LogP contribution in [0.15, 0.2) is 58.6 Å². The zero-order valence-corrected chi connectivity index (χ0v) is 27.2. The highest BCUT2D eigenvalue weighted by atomic mass is 19.4. The van der Waals surface area contributed by atoms with Crippen LogP contribution in [0.3, 0.4) is 0 Å². The number of carbonyl (C=O) groups is 2. The van der Waals surface area contributed by atoms with Crippen LogP contribution in [0, 0.1) is 11.3 Å². The summed E-state index contributed by atoms with van der Waals surface area (Å²) in [5.74, 6) is 0.530. The molecule has 2 aromatic rings. The van der Waals surface area contributed by atoms with Crippen molar-refractivity contribution in [2.45, 2.75) is 90.5 Å². The highest BCUT2D eigenvalue weighted by Crippen LogP contribution is 2.50. The van der Waals surface area contributed by atoms with Gasteiger partial charge in [0.15, 0.2) is 5.84 Å². The number of hydrazone groups is 1. The number of unbranched alkanes of at least 4 members (excludes halogenated alkanes) is 1. The maximum atomic E-state index is 14.4. The van der Waals surface area contributed by atoms with Gasteiger partial charge < -0.3 is 10.2 Å². The molecule has 1 fully saturated rings. The molecule has 2 aliphatic heterocycles. The number of hydrazine groups is 2. The topological polar surface area (TPSA) is 101 Å². The van der Waals surface area contributed by atoms with Gasteiger partial charge in [0.2, 0.25) is 0 Å². The molecular formula is C34H44F3N7O2. The molecule has 12 heteroatoms. The van der Waals surface area contributed by atoms with Gasteiger partial charge in [-0.15, -0.1) is 10.2 Å². The van der Waals surface area contributed by atoms with E-state index in [1.165, 1.54) is 12.1 Å². The summed E-state index contributed by atoms with van der Waals surface area (Å²) in [6, 6.07) is 11.7. The summed E-state index contributed by atoms with van der Waals surface area (Å²) in [4.78, 5) is 34.3. The van der Waals surface area contributed by atoms with Gasteiger partial charge in [-0.3, -0.25) is 20.0 Å². The molecule has 1 aliphatic carbocycles. The van der Waals surface area contributed by atoms with Crippen LogP contribution < -0.4 is 16.3 Å². The highest BCUT2D eigenvalue weighted by molar-refractivity contribution is 6.46. The Morgan fingerprint density at radius 3 is 2.26 bits per heavy atom. The van der Waals surface area contributed by atoms with Gasteiger partial charge in [0.25, 0.3) is 11.8 Å². The number of carbonyl (C=O) groups excluding carboxylic acids is 2. The first-order valence-electron chi connectivity index (χ1n) is 16.0. The number of alkyl halides is 3. The number of amides is 2. The van der Waals surface area contributed by atoms with Crippen molar-refractivity contribution in [1.82, 2.24) is 26.3 Å². The van der Waals surface area contributed by atoms with Crippen LogP contribution >= 0.6 is 0 Å². The second-order valence-electron chi connectivity index (χ2n) is 13.6. The lowest BCUT2D eigenvalue weighted by atomic mass is 9.69. The molecule has 0 aromatic heterocycles. The molecule has 0 radical (unpaired) electrons. The molecule has 9 nitrogen and oxygen atoms in total. The zero-order chi connectivity index (χ0) is 33.3. The van der Waals surface area contributed by atoms with Crippen LogP contribution in [-0.4, -0.2) is 52.6 Å². The van der Waals surface area contributed by atoms with Gasteiger partial charge in [-0.2, -0.15) is 13.2 Å². The first-order chi connectivity index (χ1) is 21.7. The Hall–Kier alpha value is -3.93. The fourth-order valence-electron chi connectivity index (χ4n) is 6.77. The Morgan fingerprint density at radius 2 is 1.72 bits per heavy atom. The Bertz CT molecular complexity index is 1470. The lowest BCUT2D eigenvalue weighted by molar-refractivity contribution is -0.137. The summed E-state index contributed by atoms with van der Waals surface area (Å²) in [5.41, 5.74) is 6.23. The number of amidine groups is 1. The van der Waals surface area contributed by atoms with Gasteiger partial charge >= 0.3 is 6.18 Å². The van der Waals surface area contributed by atoms with Crippen LogP contribution in [0.25, 0.3) is 0 Å². The number of halogens is 3. The number of aliphatic imine (C=N–C) groups is 1. The standard InChI is InChI=1S/C34H44F3N7O2/c1-6-7-8-27(22-9-11-24(12-10-22)30(45)38-21-28-40-42-43(5)41-28)44-31(46)29(23-13-15-26(16-14-23)34(35,36)37)39-33(44)19-17-25(18-20-33)32(2,3)4/h9-16,25,27,42H,6-8,17-21H2,1-5H3,(H,38,45)(H,40,41). The van der Waals surface area contributed by atoms with Gasteiger partial charge in [0.05, 0.1) is 18.2 Å². The van der Waals surface area contributed by atoms with E-state index in [2.05, 4.69) is 49.1 Å². The van der Waals surface area contributed by atoms with Crippen molar-refractivity contribution in [2.75, 3.05) is 13.6 Å². The molecule has 1 unspecified atom stereocenters. The smallest absolute Gasteiger partial charge is 0.345 e. The van der Waals surface area contributed by atoms with E-state index in [0.717, 1.165) is 43.4 Å². The fourth-order valence-corrected chi connectivity index (χ4v) is 6.77. The monoisotopic (exact) mass is 639 g/mol. The minimum atomic E-state index is -4.47. The third-order valence-corrected chi connectivity index (χ3v) is 9.44. The van der Waals surface area contributed by atoms with Crippen LogP contribution in [0.2, 0.25) is 0 Å². The summed E-state index contributed by atoms with van der Waals surface area (Å²) in [5, 5.41) is 8.50. The molecule has 3 N–H and O–H groups in total. The molecule has 5 rings (SSSR count). The van der Waals surface area contributed by atoms with Crippen molar-refractivity contribution in [2.24, 2.45) is 21.4 Å². The molecule has 1 saturated carbocycles. The molecule has 248 valence electrons. The van der Waals surface area contributed by atoms with Crippen LogP contribution in [0.5, 0.6) is 0 Å². The number of hydrogen-bond donors (Lipinski definition) is 3. The van der Waals surface area contributed by atoms with E-state index < -0.39 is 17.4 Å². The number of hydrogen-bond acceptors (Lipinski definition) is 7. The van der Waals surface area contributed by atoms with Gasteiger partial charge in [-0.25, -0.2) is 5.53 Å². The highest BCUT2D eigenvalue weighted by Gasteiger charge is 2.52. The first kappa shape index (κ1) is 33.4. The molecule has 2 heterocycles. The Morgan fingerprint density at radius 1 is 1.07 bits per heavy atom. The predicted octanol–water partition coefficient (Wildman–Crippen LogP) is 6.20. The van der Waals surface area contributed by atoms with Crippen molar-refractivity contribution in [3.05, 3.63) is 70.8 Å². The van der Waals surface area contributed by atoms with Gasteiger partial charge in [0, 0.05) is 18.2 Å². The maximum absolute atomic E-state index is 14.4. The minimum absolute atomic E-state index is 0.111. The fraction of sp³-hybridized carbons (Fsp3) is 0.529. The minimum Gasteiger partial charge on any atom is -0.345 e. The van der Waals surface area contributed by atoms with Crippen LogP contribution in [-0.2, 0) is 11.0 Å². The van der Waals surface area contributed by atoms with Gasteiger partial charge in [-0.1, -0.05) is 64.8 Å². The van der Waals surface area contributed by atoms with E-state index in [0.29, 0.717) is 42.1 Å². The average molecular weight is 640 g/mol. The normalized spacial score (nSPS) is 22.7. The molecule has 2 amide bonds. The third-order valence-electron chi connectivity index (χ3n) is 9.44. The largest absolute Gasteiger partial charge is 0.416 e. The summed E-state index contributed by atoms with van der Waals surface area (Å²) in [6.07, 6.45) is 1.15. The van der Waals surface area contributed by atoms with E-state index in [1.807, 2.05) is 17.0 Å². The lowest BCUT2D eigenvalue weighted by Gasteiger charge is -2.47. The Labute approximate surface area is 268 Å². The summed E-state index contributed by atoms with van der Waals surface area (Å²) in [7, 11) is 1.76. The summed E-state index contributed by atoms with van der Waals surface area (Å²) < 4.78 is 40.0. The third kappa shape index (κ3) is 7.06. The average Bonchev–Trinajstić information content (AvgIpc) is 3.56. The zero-order valence-electron chi connectivity index (χ0n) is 27.2. The molecule has 2 aromatic carbocycles. The molecule has 0 bridgehead atoms. The molecule has 3 aliphatic rings. The summed E-state index contributed by atoms with van der Waals surface area (Å²) in [6.45, 7) is 9.03. The molecule has 1 spiro atoms. The second kappa shape index (κ2) is 13.1. The van der Waals surface area contributed by atoms with Gasteiger partial charge in [0.1, 0.15) is 11.4 Å². The van der Waals surface area contributed by atoms with Crippen molar-refractivity contribution in [1.29, 1.82) is 0 Å². The van der Waals surface area contributed by atoms with E-state index in [9.17, 15) is 22.8 Å². The quantitative estimate of drug-likeness (QED) is 0.304. The number of nitrogens with zero attached hydrogens (tertiary/aromatic N) is 4. The number of benzene rings is 2. The molecule has 0 saturated heterocycles. The molecule has 1 atom stereocenters. The first-order valence-corrected chi connectivity index (χ1v) is 16.0. The van der Waals surface area contributed by atoms with E-state index >= 15 is 0 Å². The van der Waals surface area contributed by atoms with E-state index in [1.54, 1.807) is 24.3 Å². The van der Waals surface area contributed by atoms with Crippen molar-refractivity contribution >= 4 is 23.4 Å². The van der Waals surface area contributed by atoms with Crippen LogP contribution in [0.4, 0.5) is 13.2 Å². The Kier molecular flexibility index (Phi) is 9.49. The predicted molar refractivity (Wildman–Crippen MR) is 171 cm³/mol. The van der Waals surface area contributed by atoms with E-state index in [4.69, 9.17) is 4.99 Å². The maximum Gasteiger partial charge on any atom is 0.416 e. The SMILES string of the molecule is CCCCC(c1ccc(C(=O)NCC2=NNN(C)N2)cc1)N1C(=O)C(c2ccc(C(F)(F)F)cc2)=NC12CCC(C(C)(C)C)CC2. The van der Waals surface area contributed by atoms with E-state index in [-0.39, 0.29) is 35.5 Å². The Balaban J connectivity index is 1.45. The number of rotatable bonds is 9. The van der Waals surface area contributed by atoms with Gasteiger partial charge in [-0.05, 0) is 73.3 Å². The molecule has 46 heavy (non-hydrogen) atoms. The lowest BCUT2D eigenvalue weighted by Crippen LogP contribution is -2.51. The second-order valence-corrected chi connectivity index (χ2v) is 13.6. The van der Waals surface area contributed by atoms with Crippen molar-refractivity contribution in [3.8, 4) is 0 Å². The van der Waals surface area contributed by atoms with Crippen LogP contribution in [0.1, 0.15) is 106 Å². The van der Waals surface area contributed by atoms with Crippen molar-refractivity contribution < 1.29 is 22.8 Å². The summed E-state index contributed by atoms with van der Waals surface area (Å²) >= 11 is 0. The van der Waals surface area contributed by atoms with Crippen molar-refractivity contribution in [3.63, 3.8) is 0 Å². The molecular weight excluding hydrogens is 595 g/mol.